The first-order valence-corrected chi connectivity index (χ1v) is 31.1. The van der Waals surface area contributed by atoms with Crippen molar-refractivity contribution in [3.63, 3.8) is 0 Å². The number of unbranched alkanes of at least 4 members (excludes halogenated alkanes) is 22. The van der Waals surface area contributed by atoms with Crippen molar-refractivity contribution in [3.8, 4) is 0 Å². The van der Waals surface area contributed by atoms with Gasteiger partial charge in [0.15, 0.2) is 0 Å². The summed E-state index contributed by atoms with van der Waals surface area (Å²) in [5.74, 6) is -0.551. The molecule has 0 rings (SSSR count). The minimum Gasteiger partial charge on any atom is -0.456 e. The molecule has 0 heterocycles. The fourth-order valence-corrected chi connectivity index (χ4v) is 8.66. The van der Waals surface area contributed by atoms with Gasteiger partial charge in [0.2, 0.25) is 5.91 Å². The molecule has 0 aromatic heterocycles. The Labute approximate surface area is 449 Å². The summed E-state index contributed by atoms with van der Waals surface area (Å²) >= 11 is 0. The van der Waals surface area contributed by atoms with E-state index >= 15 is 0 Å². The molecule has 0 aromatic carbocycles. The lowest BCUT2D eigenvalue weighted by Gasteiger charge is -2.27. The number of phosphoric ester groups is 1. The molecule has 10 heteroatoms. The van der Waals surface area contributed by atoms with Crippen LogP contribution >= 0.6 is 7.82 Å². The SMILES string of the molecule is CC/C=C\C/C=C\C/C=C\C/C=C\C/C=C\C/C=C\CCCCCCC(=O)NC(COP(=O)(O)OCC[N+](C)(C)C)C(/C=C/CCCCCCCCCCCCC)OC(=O)CCCCCCC/C=C\CCCC. The number of phosphoric acid groups is 1. The van der Waals surface area contributed by atoms with E-state index in [4.69, 9.17) is 13.8 Å². The van der Waals surface area contributed by atoms with E-state index in [1.165, 1.54) is 70.6 Å². The Kier molecular flexibility index (Phi) is 50.2. The van der Waals surface area contributed by atoms with Crippen molar-refractivity contribution in [2.24, 2.45) is 0 Å². The molecule has 0 bridgehead atoms. The van der Waals surface area contributed by atoms with E-state index in [0.29, 0.717) is 23.9 Å². The van der Waals surface area contributed by atoms with Crippen LogP contribution in [-0.2, 0) is 27.9 Å². The molecule has 0 spiro atoms. The number of amides is 1. The number of nitrogens with one attached hydrogen (secondary N) is 1. The summed E-state index contributed by atoms with van der Waals surface area (Å²) in [5, 5.41) is 3.03. The first-order valence-electron chi connectivity index (χ1n) is 29.6. The summed E-state index contributed by atoms with van der Waals surface area (Å²) in [5.41, 5.74) is 0. The first-order chi connectivity index (χ1) is 35.4. The zero-order valence-corrected chi connectivity index (χ0v) is 48.7. The van der Waals surface area contributed by atoms with E-state index in [-0.39, 0.29) is 31.5 Å². The molecule has 0 saturated carbocycles. The topological polar surface area (TPSA) is 111 Å². The summed E-state index contributed by atoms with van der Waals surface area (Å²) in [6, 6.07) is -0.869. The maximum atomic E-state index is 13.5. The van der Waals surface area contributed by atoms with Gasteiger partial charge in [-0.3, -0.25) is 18.6 Å². The maximum Gasteiger partial charge on any atom is 0.472 e. The molecule has 0 aliphatic rings. The molecule has 3 atom stereocenters. The van der Waals surface area contributed by atoms with E-state index in [9.17, 15) is 19.0 Å². The van der Waals surface area contributed by atoms with Gasteiger partial charge < -0.3 is 19.4 Å². The molecular formula is C63H112N2O7P+. The lowest BCUT2D eigenvalue weighted by Crippen LogP contribution is -2.47. The average Bonchev–Trinajstić information content (AvgIpc) is 3.35. The number of hydrogen-bond donors (Lipinski definition) is 2. The van der Waals surface area contributed by atoms with Crippen molar-refractivity contribution in [2.45, 2.75) is 251 Å². The van der Waals surface area contributed by atoms with Crippen LogP contribution in [0.4, 0.5) is 0 Å². The van der Waals surface area contributed by atoms with Crippen LogP contribution in [0.25, 0.3) is 0 Å². The van der Waals surface area contributed by atoms with Gasteiger partial charge >= 0.3 is 13.8 Å². The number of nitrogens with zero attached hydrogens (tertiary/aromatic N) is 1. The van der Waals surface area contributed by atoms with Crippen molar-refractivity contribution in [1.82, 2.24) is 5.32 Å². The van der Waals surface area contributed by atoms with Crippen LogP contribution in [-0.4, -0.2) is 74.3 Å². The third-order valence-electron chi connectivity index (χ3n) is 12.5. The highest BCUT2D eigenvalue weighted by atomic mass is 31.2. The van der Waals surface area contributed by atoms with Crippen LogP contribution in [0.5, 0.6) is 0 Å². The Morgan fingerprint density at radius 3 is 1.37 bits per heavy atom. The zero-order chi connectivity index (χ0) is 53.6. The molecule has 2 N–H and O–H groups in total. The van der Waals surface area contributed by atoms with Gasteiger partial charge in [0.25, 0.3) is 0 Å². The first kappa shape index (κ1) is 69.9. The second-order valence-electron chi connectivity index (χ2n) is 20.8. The highest BCUT2D eigenvalue weighted by molar-refractivity contribution is 7.47. The smallest absolute Gasteiger partial charge is 0.456 e. The lowest BCUT2D eigenvalue weighted by molar-refractivity contribution is -0.870. The van der Waals surface area contributed by atoms with E-state index in [1.54, 1.807) is 0 Å². The Morgan fingerprint density at radius 2 is 0.890 bits per heavy atom. The van der Waals surface area contributed by atoms with Crippen molar-refractivity contribution in [1.29, 1.82) is 0 Å². The third kappa shape index (κ3) is 53.6. The molecule has 0 saturated heterocycles. The van der Waals surface area contributed by atoms with Gasteiger partial charge in [-0.1, -0.05) is 221 Å². The van der Waals surface area contributed by atoms with Gasteiger partial charge in [0.05, 0.1) is 33.8 Å². The number of esters is 1. The van der Waals surface area contributed by atoms with E-state index in [2.05, 4.69) is 111 Å². The zero-order valence-electron chi connectivity index (χ0n) is 47.8. The third-order valence-corrected chi connectivity index (χ3v) is 13.5. The summed E-state index contributed by atoms with van der Waals surface area (Å²) < 4.78 is 30.6. The number of rotatable bonds is 52. The lowest BCUT2D eigenvalue weighted by atomic mass is 10.0. The van der Waals surface area contributed by atoms with Crippen LogP contribution in [0.1, 0.15) is 239 Å². The Hall–Kier alpha value is -3.07. The number of carbonyl (C=O) groups is 2. The normalized spacial score (nSPS) is 14.5. The Balaban J connectivity index is 5.31. The summed E-state index contributed by atoms with van der Waals surface area (Å²) in [7, 11) is 1.46. The quantitative estimate of drug-likeness (QED) is 0.0205. The minimum absolute atomic E-state index is 0.0291. The molecule has 0 aliphatic carbocycles. The summed E-state index contributed by atoms with van der Waals surface area (Å²) in [6.07, 6.45) is 69.7. The predicted molar refractivity (Wildman–Crippen MR) is 314 cm³/mol. The standard InChI is InChI=1S/C63H111N2O7P/c1-7-10-13-16-19-22-25-27-28-29-30-31-32-33-34-35-36-38-41-43-46-49-52-55-62(66)64-60(59-71-73(68,69)70-58-57-65(4,5)6)61(54-51-48-45-42-40-37-26-23-20-17-14-11-8-2)72-63(67)56-53-50-47-44-39-24-21-18-15-12-9-3/h10,13,18-19,21-22,27-28,30-31,33-34,36,38,51,54,60-61H,7-9,11-12,14-17,20,23-26,29,32,35,37,39-50,52-53,55-59H2,1-6H3,(H-,64,66,68,69)/p+1/b13-10-,21-18-,22-19-,28-27-,31-30-,34-33-,38-36-,54-51+. The van der Waals surface area contributed by atoms with E-state index < -0.39 is 20.0 Å². The van der Waals surface area contributed by atoms with Crippen molar-refractivity contribution in [2.75, 3.05) is 40.9 Å². The molecular weight excluding hydrogens is 928 g/mol. The second-order valence-corrected chi connectivity index (χ2v) is 22.2. The molecule has 9 nitrogen and oxygen atoms in total. The monoisotopic (exact) mass is 1040 g/mol. The minimum atomic E-state index is -4.46. The van der Waals surface area contributed by atoms with Gasteiger partial charge in [-0.25, -0.2) is 4.57 Å². The van der Waals surface area contributed by atoms with Crippen molar-refractivity contribution >= 4 is 19.7 Å². The number of carbonyl (C=O) groups excluding carboxylic acids is 2. The number of hydrogen-bond acceptors (Lipinski definition) is 6. The second kappa shape index (κ2) is 52.4. The molecule has 420 valence electrons. The van der Waals surface area contributed by atoms with E-state index in [1.807, 2.05) is 33.3 Å². The molecule has 0 fully saturated rings. The predicted octanol–water partition coefficient (Wildman–Crippen LogP) is 18.0. The average molecular weight is 1040 g/mol. The molecule has 0 radical (unpaired) electrons. The number of ether oxygens (including phenoxy) is 1. The number of allylic oxidation sites excluding steroid dienone is 15. The molecule has 0 aliphatic heterocycles. The maximum absolute atomic E-state index is 13.5. The largest absolute Gasteiger partial charge is 0.472 e. The number of quaternary nitrogens is 1. The fourth-order valence-electron chi connectivity index (χ4n) is 7.92. The van der Waals surface area contributed by atoms with Gasteiger partial charge in [0.1, 0.15) is 19.3 Å². The van der Waals surface area contributed by atoms with Gasteiger partial charge in [-0.15, -0.1) is 0 Å². The molecule has 3 unspecified atom stereocenters. The van der Waals surface area contributed by atoms with Crippen LogP contribution in [0.2, 0.25) is 0 Å². The van der Waals surface area contributed by atoms with Gasteiger partial charge in [0, 0.05) is 12.8 Å². The molecule has 0 aromatic rings. The van der Waals surface area contributed by atoms with Gasteiger partial charge in [-0.05, 0) is 102 Å². The van der Waals surface area contributed by atoms with E-state index in [0.717, 1.165) is 128 Å². The summed E-state index contributed by atoms with van der Waals surface area (Å²) in [4.78, 5) is 37.6. The summed E-state index contributed by atoms with van der Waals surface area (Å²) in [6.45, 7) is 6.82. The fraction of sp³-hybridized carbons (Fsp3) is 0.714. The van der Waals surface area contributed by atoms with Crippen LogP contribution in [0.3, 0.4) is 0 Å². The highest BCUT2D eigenvalue weighted by Gasteiger charge is 2.30. The molecule has 1 amide bonds. The van der Waals surface area contributed by atoms with Crippen molar-refractivity contribution in [3.05, 3.63) is 97.2 Å². The van der Waals surface area contributed by atoms with Gasteiger partial charge in [-0.2, -0.15) is 0 Å². The number of likely N-dealkylation sites (N-methyl/N-ethyl adjacent to an activating group) is 1. The Morgan fingerprint density at radius 1 is 0.493 bits per heavy atom. The van der Waals surface area contributed by atoms with Crippen LogP contribution in [0, 0.1) is 0 Å². The van der Waals surface area contributed by atoms with Crippen LogP contribution < -0.4 is 5.32 Å². The van der Waals surface area contributed by atoms with Crippen molar-refractivity contribution < 1.29 is 37.3 Å². The highest BCUT2D eigenvalue weighted by Crippen LogP contribution is 2.43. The van der Waals surface area contributed by atoms with Crippen LogP contribution in [0.15, 0.2) is 97.2 Å². The molecule has 73 heavy (non-hydrogen) atoms. The Bertz CT molecular complexity index is 1570.